The quantitative estimate of drug-likeness (QED) is 0.111. The molecule has 1 aromatic heterocycles. The van der Waals surface area contributed by atoms with Gasteiger partial charge in [0.25, 0.3) is 0 Å². The average molecular weight is 513 g/mol. The molecule has 0 bridgehead atoms. The van der Waals surface area contributed by atoms with Gasteiger partial charge in [-0.05, 0) is 47.5 Å². The maximum atomic E-state index is 14.5. The number of aromatic nitrogens is 1. The molecule has 186 valence electrons. The highest BCUT2D eigenvalue weighted by Crippen LogP contribution is 2.59. The number of hydrogen-bond acceptors (Lipinski definition) is 6. The minimum absolute atomic E-state index is 0.115. The third kappa shape index (κ3) is 6.93. The number of amides is 1. The van der Waals surface area contributed by atoms with E-state index in [0.717, 1.165) is 5.56 Å². The highest BCUT2D eigenvalue weighted by molar-refractivity contribution is 7.55. The van der Waals surface area contributed by atoms with Crippen molar-refractivity contribution in [2.24, 2.45) is 5.73 Å². The van der Waals surface area contributed by atoms with Gasteiger partial charge < -0.3 is 20.1 Å². The Morgan fingerprint density at radius 2 is 1.49 bits per heavy atom. The van der Waals surface area contributed by atoms with Crippen LogP contribution in [0.25, 0.3) is 6.08 Å². The lowest BCUT2D eigenvalue weighted by atomic mass is 10.1. The van der Waals surface area contributed by atoms with E-state index in [-0.39, 0.29) is 5.84 Å². The minimum atomic E-state index is -4.15. The summed E-state index contributed by atoms with van der Waals surface area (Å²) in [6.45, 7) is 0. The minimum Gasteiger partial charge on any atom is -0.414 e. The predicted octanol–water partition coefficient (Wildman–Crippen LogP) is 5.54. The molecule has 0 aliphatic carbocycles. The summed E-state index contributed by atoms with van der Waals surface area (Å²) in [5.74, 6) is -1.20. The Kier molecular flexibility index (Phi) is 8.13. The van der Waals surface area contributed by atoms with Gasteiger partial charge in [0.15, 0.2) is 5.78 Å². The molecule has 1 unspecified atom stereocenters. The SMILES string of the molecule is N=C(N)c1ccc(C(NC(=O)/C=C/c2cccnc2)P(=O)(Oc2ccccc2)Oc2ccccc2)cc1. The summed E-state index contributed by atoms with van der Waals surface area (Å²) in [5, 5.41) is 10.5. The number of rotatable bonds is 10. The van der Waals surface area contributed by atoms with Crippen LogP contribution < -0.4 is 20.1 Å². The molecule has 0 spiro atoms. The molecule has 0 saturated carbocycles. The van der Waals surface area contributed by atoms with Crippen molar-refractivity contribution in [3.63, 3.8) is 0 Å². The highest BCUT2D eigenvalue weighted by atomic mass is 31.2. The van der Waals surface area contributed by atoms with Crippen LogP contribution in [0.4, 0.5) is 0 Å². The van der Waals surface area contributed by atoms with Crippen LogP contribution in [0.2, 0.25) is 0 Å². The lowest BCUT2D eigenvalue weighted by molar-refractivity contribution is -0.116. The van der Waals surface area contributed by atoms with Gasteiger partial charge in [0.1, 0.15) is 17.3 Å². The molecular formula is C28H25N4O4P. The molecule has 0 saturated heterocycles. The zero-order valence-corrected chi connectivity index (χ0v) is 20.6. The third-order valence-corrected chi connectivity index (χ3v) is 7.19. The van der Waals surface area contributed by atoms with Gasteiger partial charge in [0.05, 0.1) is 0 Å². The number of hydrogen-bond donors (Lipinski definition) is 3. The van der Waals surface area contributed by atoms with Crippen molar-refractivity contribution in [2.75, 3.05) is 0 Å². The number of amidine groups is 1. The van der Waals surface area contributed by atoms with Crippen molar-refractivity contribution in [1.29, 1.82) is 5.41 Å². The second-order valence-corrected chi connectivity index (χ2v) is 9.88. The Hall–Kier alpha value is -4.68. The number of nitrogens with zero attached hydrogens (tertiary/aromatic N) is 1. The molecule has 4 aromatic rings. The number of carbonyl (C=O) groups excluding carboxylic acids is 1. The van der Waals surface area contributed by atoms with Gasteiger partial charge in [-0.2, -0.15) is 0 Å². The fraction of sp³-hybridized carbons (Fsp3) is 0.0357. The molecule has 9 heteroatoms. The Balaban J connectivity index is 1.74. The van der Waals surface area contributed by atoms with E-state index >= 15 is 0 Å². The lowest BCUT2D eigenvalue weighted by Gasteiger charge is -2.28. The van der Waals surface area contributed by atoms with Crippen molar-refractivity contribution in [3.05, 3.63) is 132 Å². The summed E-state index contributed by atoms with van der Waals surface area (Å²) in [6, 6.07) is 27.2. The fourth-order valence-corrected chi connectivity index (χ4v) is 5.30. The van der Waals surface area contributed by atoms with Gasteiger partial charge in [-0.15, -0.1) is 0 Å². The monoisotopic (exact) mass is 512 g/mol. The molecule has 0 aliphatic rings. The zero-order valence-electron chi connectivity index (χ0n) is 19.7. The first-order chi connectivity index (χ1) is 17.9. The normalized spacial score (nSPS) is 12.0. The number of nitrogens with one attached hydrogen (secondary N) is 2. The molecule has 0 aliphatic heterocycles. The summed E-state index contributed by atoms with van der Waals surface area (Å²) in [5.41, 5.74) is 7.25. The standard InChI is InChI=1S/C28H25N4O4P/c29-27(30)22-14-16-23(17-15-22)28(32-26(33)18-13-21-8-7-19-31-20-21)37(34,35-24-9-3-1-4-10-24)36-25-11-5-2-6-12-25/h1-20,28H,(H3,29,30)(H,32,33)/b18-13+. The first-order valence-corrected chi connectivity index (χ1v) is 13.0. The molecule has 8 nitrogen and oxygen atoms in total. The van der Waals surface area contributed by atoms with Crippen LogP contribution in [0.5, 0.6) is 11.5 Å². The Labute approximate surface area is 214 Å². The van der Waals surface area contributed by atoms with Crippen LogP contribution >= 0.6 is 7.60 Å². The van der Waals surface area contributed by atoms with Crippen LogP contribution in [-0.4, -0.2) is 16.7 Å². The summed E-state index contributed by atoms with van der Waals surface area (Å²) in [6.07, 6.45) is 6.17. The first-order valence-electron chi connectivity index (χ1n) is 11.3. The van der Waals surface area contributed by atoms with Crippen LogP contribution in [0.1, 0.15) is 22.5 Å². The smallest absolute Gasteiger partial charge is 0.414 e. The van der Waals surface area contributed by atoms with Crippen molar-refractivity contribution in [3.8, 4) is 11.5 Å². The van der Waals surface area contributed by atoms with E-state index in [4.69, 9.17) is 20.2 Å². The number of nitrogen functional groups attached to an aromatic ring is 1. The van der Waals surface area contributed by atoms with Gasteiger partial charge in [0.2, 0.25) is 5.91 Å². The molecule has 4 N–H and O–H groups in total. The van der Waals surface area contributed by atoms with Gasteiger partial charge in [-0.1, -0.05) is 66.7 Å². The molecule has 1 heterocycles. The van der Waals surface area contributed by atoms with Gasteiger partial charge in [-0.25, -0.2) is 4.57 Å². The van der Waals surface area contributed by atoms with Crippen molar-refractivity contribution in [1.82, 2.24) is 10.3 Å². The largest absolute Gasteiger partial charge is 0.457 e. The summed E-state index contributed by atoms with van der Waals surface area (Å²) >= 11 is 0. The lowest BCUT2D eigenvalue weighted by Crippen LogP contribution is -2.30. The Morgan fingerprint density at radius 3 is 2.00 bits per heavy atom. The molecular weight excluding hydrogens is 487 g/mol. The van der Waals surface area contributed by atoms with Gasteiger partial charge in [0, 0.05) is 24.0 Å². The number of para-hydroxylation sites is 2. The molecule has 0 radical (unpaired) electrons. The van der Waals surface area contributed by atoms with E-state index in [1.165, 1.54) is 6.08 Å². The molecule has 0 fully saturated rings. The number of pyridine rings is 1. The van der Waals surface area contributed by atoms with Crippen LogP contribution in [-0.2, 0) is 9.36 Å². The second-order valence-electron chi connectivity index (χ2n) is 7.92. The van der Waals surface area contributed by atoms with E-state index in [1.807, 2.05) is 0 Å². The average Bonchev–Trinajstić information content (AvgIpc) is 2.92. The maximum absolute atomic E-state index is 14.5. The second kappa shape index (κ2) is 11.8. The van der Waals surface area contributed by atoms with E-state index in [0.29, 0.717) is 22.6 Å². The van der Waals surface area contributed by atoms with Crippen molar-refractivity contribution < 1.29 is 18.4 Å². The van der Waals surface area contributed by atoms with E-state index in [9.17, 15) is 9.36 Å². The summed E-state index contributed by atoms with van der Waals surface area (Å²) in [4.78, 5) is 17.1. The topological polar surface area (TPSA) is 127 Å². The zero-order chi connectivity index (χ0) is 26.1. The molecule has 4 rings (SSSR count). The van der Waals surface area contributed by atoms with E-state index in [2.05, 4.69) is 10.3 Å². The molecule has 1 atom stereocenters. The first kappa shape index (κ1) is 25.4. The van der Waals surface area contributed by atoms with Gasteiger partial charge in [-0.3, -0.25) is 15.2 Å². The van der Waals surface area contributed by atoms with E-state index in [1.54, 1.807) is 116 Å². The fourth-order valence-electron chi connectivity index (χ4n) is 3.40. The molecule has 1 amide bonds. The number of carbonyl (C=O) groups is 1. The van der Waals surface area contributed by atoms with Crippen LogP contribution in [0.15, 0.2) is 116 Å². The van der Waals surface area contributed by atoms with Crippen LogP contribution in [0.3, 0.4) is 0 Å². The molecule has 37 heavy (non-hydrogen) atoms. The summed E-state index contributed by atoms with van der Waals surface area (Å²) in [7, 11) is -4.15. The Morgan fingerprint density at radius 1 is 0.892 bits per heavy atom. The van der Waals surface area contributed by atoms with E-state index < -0.39 is 19.3 Å². The highest BCUT2D eigenvalue weighted by Gasteiger charge is 2.41. The third-order valence-electron chi connectivity index (χ3n) is 5.20. The Bertz CT molecular complexity index is 1370. The summed E-state index contributed by atoms with van der Waals surface area (Å²) < 4.78 is 26.5. The van der Waals surface area contributed by atoms with Crippen molar-refractivity contribution in [2.45, 2.75) is 5.78 Å². The molecule has 3 aromatic carbocycles. The van der Waals surface area contributed by atoms with Crippen LogP contribution in [0, 0.1) is 5.41 Å². The number of benzene rings is 3. The van der Waals surface area contributed by atoms with Gasteiger partial charge >= 0.3 is 7.60 Å². The number of nitrogens with two attached hydrogens (primary N) is 1. The van der Waals surface area contributed by atoms with Crippen molar-refractivity contribution >= 4 is 25.4 Å². The maximum Gasteiger partial charge on any atom is 0.457 e. The predicted molar refractivity (Wildman–Crippen MR) is 143 cm³/mol.